The predicted octanol–water partition coefficient (Wildman–Crippen LogP) is 3.22. The Balaban J connectivity index is 2.13. The standard InChI is InChI=1S/C17H10O4/c1-8-7-9-5-6-11-14(17(9)21-8)16(20)10-3-2-4-12(18)13(10)15(11)19/h2-7,18H,1H3. The number of fused-ring (bicyclic) bond motifs is 4. The van der Waals surface area contributed by atoms with Crippen LogP contribution >= 0.6 is 0 Å². The van der Waals surface area contributed by atoms with Crippen LogP contribution in [0.1, 0.15) is 37.6 Å². The molecule has 4 heteroatoms. The van der Waals surface area contributed by atoms with Crippen LogP contribution in [0.3, 0.4) is 0 Å². The molecule has 0 amide bonds. The maximum absolute atomic E-state index is 12.7. The van der Waals surface area contributed by atoms with E-state index in [9.17, 15) is 14.7 Å². The number of carbonyl (C=O) groups excluding carboxylic acids is 2. The highest BCUT2D eigenvalue weighted by molar-refractivity contribution is 6.32. The van der Waals surface area contributed by atoms with Crippen LogP contribution in [0.15, 0.2) is 40.8 Å². The van der Waals surface area contributed by atoms with Gasteiger partial charge in [0.15, 0.2) is 11.6 Å². The van der Waals surface area contributed by atoms with Gasteiger partial charge in [-0.05, 0) is 25.1 Å². The van der Waals surface area contributed by atoms with Gasteiger partial charge in [-0.15, -0.1) is 0 Å². The molecular formula is C17H10O4. The summed E-state index contributed by atoms with van der Waals surface area (Å²) in [7, 11) is 0. The lowest BCUT2D eigenvalue weighted by Crippen LogP contribution is -2.21. The first-order chi connectivity index (χ1) is 10.1. The number of aryl methyl sites for hydroxylation is 1. The fourth-order valence-corrected chi connectivity index (χ4v) is 2.88. The van der Waals surface area contributed by atoms with Crippen molar-refractivity contribution < 1.29 is 19.1 Å². The van der Waals surface area contributed by atoms with Crippen molar-refractivity contribution in [2.75, 3.05) is 0 Å². The normalized spacial score (nSPS) is 13.4. The smallest absolute Gasteiger partial charge is 0.198 e. The largest absolute Gasteiger partial charge is 0.507 e. The first-order valence-corrected chi connectivity index (χ1v) is 6.52. The third-order valence-electron chi connectivity index (χ3n) is 3.80. The summed E-state index contributed by atoms with van der Waals surface area (Å²) in [6.45, 7) is 1.79. The molecule has 0 fully saturated rings. The molecule has 0 bridgehead atoms. The Hall–Kier alpha value is -2.88. The molecule has 0 radical (unpaired) electrons. The van der Waals surface area contributed by atoms with E-state index < -0.39 is 0 Å². The van der Waals surface area contributed by atoms with Crippen LogP contribution in [0.4, 0.5) is 0 Å². The number of aromatic hydroxyl groups is 1. The third-order valence-corrected chi connectivity index (χ3v) is 3.80. The van der Waals surface area contributed by atoms with E-state index in [1.54, 1.807) is 31.2 Å². The molecule has 4 nitrogen and oxygen atoms in total. The van der Waals surface area contributed by atoms with Crippen molar-refractivity contribution >= 4 is 22.5 Å². The molecule has 1 N–H and O–H groups in total. The molecule has 0 saturated heterocycles. The molecule has 1 aliphatic carbocycles. The van der Waals surface area contributed by atoms with Gasteiger partial charge in [0, 0.05) is 16.5 Å². The number of furan rings is 1. The van der Waals surface area contributed by atoms with Gasteiger partial charge in [0.25, 0.3) is 0 Å². The van der Waals surface area contributed by atoms with Gasteiger partial charge in [-0.25, -0.2) is 0 Å². The molecule has 1 aromatic heterocycles. The molecule has 0 saturated carbocycles. The summed E-state index contributed by atoms with van der Waals surface area (Å²) >= 11 is 0. The Kier molecular flexibility index (Phi) is 2.17. The van der Waals surface area contributed by atoms with Crippen LogP contribution < -0.4 is 0 Å². The fraction of sp³-hybridized carbons (Fsp3) is 0.0588. The molecule has 0 atom stereocenters. The van der Waals surface area contributed by atoms with E-state index in [0.29, 0.717) is 11.3 Å². The highest BCUT2D eigenvalue weighted by Crippen LogP contribution is 2.36. The van der Waals surface area contributed by atoms with E-state index in [1.807, 2.05) is 6.07 Å². The lowest BCUT2D eigenvalue weighted by Gasteiger charge is -2.18. The number of rotatable bonds is 0. The van der Waals surface area contributed by atoms with Gasteiger partial charge in [0.2, 0.25) is 0 Å². The van der Waals surface area contributed by atoms with Gasteiger partial charge < -0.3 is 9.52 Å². The third kappa shape index (κ3) is 1.44. The minimum atomic E-state index is -0.353. The Morgan fingerprint density at radius 2 is 1.67 bits per heavy atom. The summed E-state index contributed by atoms with van der Waals surface area (Å²) in [5, 5.41) is 10.7. The van der Waals surface area contributed by atoms with Crippen LogP contribution in [0, 0.1) is 6.92 Å². The number of ketones is 2. The van der Waals surface area contributed by atoms with Crippen molar-refractivity contribution in [2.45, 2.75) is 6.92 Å². The minimum Gasteiger partial charge on any atom is -0.507 e. The second kappa shape index (κ2) is 3.82. The summed E-state index contributed by atoms with van der Waals surface area (Å²) < 4.78 is 5.59. The van der Waals surface area contributed by atoms with E-state index in [1.165, 1.54) is 6.07 Å². The molecule has 1 aliphatic rings. The Morgan fingerprint density at radius 3 is 2.48 bits per heavy atom. The fourth-order valence-electron chi connectivity index (χ4n) is 2.88. The van der Waals surface area contributed by atoms with Crippen molar-refractivity contribution in [1.82, 2.24) is 0 Å². The van der Waals surface area contributed by atoms with Gasteiger partial charge in [-0.3, -0.25) is 9.59 Å². The summed E-state index contributed by atoms with van der Waals surface area (Å²) in [4.78, 5) is 25.3. The lowest BCUT2D eigenvalue weighted by molar-refractivity contribution is 0.0977. The number of carbonyl (C=O) groups is 2. The zero-order valence-electron chi connectivity index (χ0n) is 11.1. The molecule has 0 unspecified atom stereocenters. The second-order valence-corrected chi connectivity index (χ2v) is 5.12. The number of benzene rings is 2. The average Bonchev–Trinajstić information content (AvgIpc) is 2.84. The van der Waals surface area contributed by atoms with Gasteiger partial charge >= 0.3 is 0 Å². The SMILES string of the molecule is Cc1cc2ccc3c(c2o1)C(=O)c1cccc(O)c1C3=O. The van der Waals surface area contributed by atoms with Crippen LogP contribution in [0.2, 0.25) is 0 Å². The van der Waals surface area contributed by atoms with Crippen molar-refractivity contribution in [3.63, 3.8) is 0 Å². The molecule has 3 aromatic rings. The van der Waals surface area contributed by atoms with Crippen molar-refractivity contribution in [3.05, 3.63) is 64.4 Å². The van der Waals surface area contributed by atoms with E-state index in [0.717, 1.165) is 5.39 Å². The molecule has 0 aliphatic heterocycles. The second-order valence-electron chi connectivity index (χ2n) is 5.12. The summed E-state index contributed by atoms with van der Waals surface area (Å²) in [5.41, 5.74) is 1.27. The van der Waals surface area contributed by atoms with Crippen LogP contribution in [-0.2, 0) is 0 Å². The zero-order chi connectivity index (χ0) is 14.7. The first kappa shape index (κ1) is 11.9. The minimum absolute atomic E-state index is 0.0672. The van der Waals surface area contributed by atoms with Crippen LogP contribution in [0.25, 0.3) is 11.0 Å². The Bertz CT molecular complexity index is 947. The van der Waals surface area contributed by atoms with E-state index in [4.69, 9.17) is 4.42 Å². The highest BCUT2D eigenvalue weighted by atomic mass is 16.3. The Morgan fingerprint density at radius 1 is 0.952 bits per heavy atom. The van der Waals surface area contributed by atoms with Gasteiger partial charge in [-0.1, -0.05) is 18.2 Å². The summed E-state index contributed by atoms with van der Waals surface area (Å²) in [6.07, 6.45) is 0. The van der Waals surface area contributed by atoms with E-state index in [2.05, 4.69) is 0 Å². The predicted molar refractivity (Wildman–Crippen MR) is 75.9 cm³/mol. The topological polar surface area (TPSA) is 67.5 Å². The van der Waals surface area contributed by atoms with Gasteiger partial charge in [-0.2, -0.15) is 0 Å². The van der Waals surface area contributed by atoms with Crippen LogP contribution in [0.5, 0.6) is 5.75 Å². The maximum Gasteiger partial charge on any atom is 0.198 e. The lowest BCUT2D eigenvalue weighted by atomic mass is 9.83. The van der Waals surface area contributed by atoms with Gasteiger partial charge in [0.05, 0.1) is 11.1 Å². The quantitative estimate of drug-likeness (QED) is 0.536. The molecule has 102 valence electrons. The van der Waals surface area contributed by atoms with Crippen LogP contribution in [-0.4, -0.2) is 16.7 Å². The molecule has 0 spiro atoms. The maximum atomic E-state index is 12.7. The summed E-state index contributed by atoms with van der Waals surface area (Å²) in [6, 6.07) is 9.70. The molecular weight excluding hydrogens is 268 g/mol. The number of phenolic OH excluding ortho intramolecular Hbond substituents is 1. The monoisotopic (exact) mass is 278 g/mol. The van der Waals surface area contributed by atoms with E-state index >= 15 is 0 Å². The first-order valence-electron chi connectivity index (χ1n) is 6.52. The van der Waals surface area contributed by atoms with Crippen molar-refractivity contribution in [2.24, 2.45) is 0 Å². The molecule has 4 rings (SSSR count). The number of phenols is 1. The van der Waals surface area contributed by atoms with Crippen molar-refractivity contribution in [1.29, 1.82) is 0 Å². The molecule has 21 heavy (non-hydrogen) atoms. The van der Waals surface area contributed by atoms with E-state index in [-0.39, 0.29) is 39.6 Å². The van der Waals surface area contributed by atoms with Crippen molar-refractivity contribution in [3.8, 4) is 5.75 Å². The number of hydrogen-bond donors (Lipinski definition) is 1. The number of hydrogen-bond acceptors (Lipinski definition) is 4. The van der Waals surface area contributed by atoms with Gasteiger partial charge in [0.1, 0.15) is 17.1 Å². The molecule has 1 heterocycles. The zero-order valence-corrected chi connectivity index (χ0v) is 11.1. The summed E-state index contributed by atoms with van der Waals surface area (Å²) in [5.74, 6) is -0.142. The molecule has 2 aromatic carbocycles. The average molecular weight is 278 g/mol. The Labute approximate surface area is 119 Å². The highest BCUT2D eigenvalue weighted by Gasteiger charge is 2.34.